The molecule has 1 saturated heterocycles. The van der Waals surface area contributed by atoms with Crippen LogP contribution < -0.4 is 0 Å². The Hall–Kier alpha value is -0.160. The Morgan fingerprint density at radius 2 is 2.00 bits per heavy atom. The number of β-amino-alcohol motifs (C(OH)–C–C–N with tert-alkyl or cyclic N) is 1. The van der Waals surface area contributed by atoms with Gasteiger partial charge in [0.05, 0.1) is 24.9 Å². The maximum Gasteiger partial charge on any atom is 0.0900 e. The van der Waals surface area contributed by atoms with Crippen molar-refractivity contribution in [2.75, 3.05) is 19.7 Å². The van der Waals surface area contributed by atoms with Gasteiger partial charge >= 0.3 is 0 Å². The molecule has 3 atom stereocenters. The molecule has 0 aliphatic carbocycles. The van der Waals surface area contributed by atoms with Crippen LogP contribution in [0.25, 0.3) is 0 Å². The molecule has 0 radical (unpaired) electrons. The number of likely N-dealkylation sites (tertiary alicyclic amines) is 1. The largest absolute Gasteiger partial charge is 0.393 e. The molecule has 17 heavy (non-hydrogen) atoms. The van der Waals surface area contributed by atoms with Gasteiger partial charge in [0.15, 0.2) is 0 Å². The summed E-state index contributed by atoms with van der Waals surface area (Å²) in [7, 11) is 0. The van der Waals surface area contributed by atoms with Crippen molar-refractivity contribution in [2.24, 2.45) is 0 Å². The van der Waals surface area contributed by atoms with Crippen molar-refractivity contribution >= 4 is 0 Å². The molecule has 4 heteroatoms. The van der Waals surface area contributed by atoms with Gasteiger partial charge in [-0.15, -0.1) is 0 Å². The molecular weight excluding hydrogens is 218 g/mol. The highest BCUT2D eigenvalue weighted by Gasteiger charge is 2.27. The molecule has 1 rings (SSSR count). The first-order valence-corrected chi connectivity index (χ1v) is 6.70. The lowest BCUT2D eigenvalue weighted by molar-refractivity contribution is -0.0121. The summed E-state index contributed by atoms with van der Waals surface area (Å²) >= 11 is 0. The SMILES string of the molecule is CC(O)CC1CCCN1CC(O)COC(C)C. The summed E-state index contributed by atoms with van der Waals surface area (Å²) in [6, 6.07) is 0.420. The van der Waals surface area contributed by atoms with Crippen molar-refractivity contribution < 1.29 is 14.9 Å². The second kappa shape index (κ2) is 7.31. The van der Waals surface area contributed by atoms with Crippen LogP contribution in [0.3, 0.4) is 0 Å². The first kappa shape index (κ1) is 14.9. The highest BCUT2D eigenvalue weighted by Crippen LogP contribution is 2.21. The number of nitrogens with zero attached hydrogens (tertiary/aromatic N) is 1. The van der Waals surface area contributed by atoms with Crippen molar-refractivity contribution in [3.8, 4) is 0 Å². The van der Waals surface area contributed by atoms with E-state index in [1.54, 1.807) is 0 Å². The van der Waals surface area contributed by atoms with E-state index in [1.807, 2.05) is 20.8 Å². The minimum Gasteiger partial charge on any atom is -0.393 e. The lowest BCUT2D eigenvalue weighted by atomic mass is 10.1. The fraction of sp³-hybridized carbons (Fsp3) is 1.00. The molecule has 1 aliphatic heterocycles. The minimum atomic E-state index is -0.424. The maximum atomic E-state index is 9.88. The van der Waals surface area contributed by atoms with Crippen molar-refractivity contribution in [3.63, 3.8) is 0 Å². The number of rotatable bonds is 7. The lowest BCUT2D eigenvalue weighted by Crippen LogP contribution is -2.39. The zero-order valence-corrected chi connectivity index (χ0v) is 11.3. The van der Waals surface area contributed by atoms with Gasteiger partial charge in [0.1, 0.15) is 0 Å². The summed E-state index contributed by atoms with van der Waals surface area (Å²) in [5, 5.41) is 19.3. The molecule has 1 heterocycles. The molecule has 0 amide bonds. The van der Waals surface area contributed by atoms with E-state index >= 15 is 0 Å². The lowest BCUT2D eigenvalue weighted by Gasteiger charge is -2.27. The van der Waals surface area contributed by atoms with E-state index in [0.29, 0.717) is 19.2 Å². The van der Waals surface area contributed by atoms with Crippen LogP contribution in [0, 0.1) is 0 Å². The summed E-state index contributed by atoms with van der Waals surface area (Å²) in [5.41, 5.74) is 0. The zero-order chi connectivity index (χ0) is 12.8. The van der Waals surface area contributed by atoms with Crippen LogP contribution in [-0.2, 0) is 4.74 Å². The summed E-state index contributed by atoms with van der Waals surface area (Å²) in [6.45, 7) is 7.85. The van der Waals surface area contributed by atoms with E-state index in [1.165, 1.54) is 0 Å². The molecule has 0 bridgehead atoms. The third-order valence-corrected chi connectivity index (χ3v) is 3.18. The molecule has 1 aliphatic rings. The van der Waals surface area contributed by atoms with Crippen LogP contribution in [0.15, 0.2) is 0 Å². The standard InChI is InChI=1S/C13H27NO3/c1-10(2)17-9-13(16)8-14-6-4-5-12(14)7-11(3)15/h10-13,15-16H,4-9H2,1-3H3. The molecule has 4 nitrogen and oxygen atoms in total. The number of hydrogen-bond donors (Lipinski definition) is 2. The van der Waals surface area contributed by atoms with Gasteiger partial charge in [-0.05, 0) is 46.6 Å². The monoisotopic (exact) mass is 245 g/mol. The predicted octanol–water partition coefficient (Wildman–Crippen LogP) is 1.01. The second-order valence-electron chi connectivity index (χ2n) is 5.41. The highest BCUT2D eigenvalue weighted by atomic mass is 16.5. The molecule has 0 saturated carbocycles. The summed E-state index contributed by atoms with van der Waals surface area (Å²) in [4.78, 5) is 2.28. The minimum absolute atomic E-state index is 0.163. The van der Waals surface area contributed by atoms with Crippen molar-refractivity contribution in [1.82, 2.24) is 4.90 Å². The zero-order valence-electron chi connectivity index (χ0n) is 11.3. The molecular formula is C13H27NO3. The Balaban J connectivity index is 2.28. The second-order valence-corrected chi connectivity index (χ2v) is 5.41. The smallest absolute Gasteiger partial charge is 0.0900 e. The van der Waals surface area contributed by atoms with Crippen LogP contribution in [0.4, 0.5) is 0 Å². The molecule has 0 spiro atoms. The first-order chi connectivity index (χ1) is 7.99. The molecule has 102 valence electrons. The molecule has 1 fully saturated rings. The number of aliphatic hydroxyl groups is 2. The van der Waals surface area contributed by atoms with Crippen LogP contribution in [0.5, 0.6) is 0 Å². The summed E-state index contributed by atoms with van der Waals surface area (Å²) < 4.78 is 5.40. The van der Waals surface area contributed by atoms with Crippen molar-refractivity contribution in [3.05, 3.63) is 0 Å². The van der Waals surface area contributed by atoms with Crippen LogP contribution >= 0.6 is 0 Å². The Labute approximate surface area is 105 Å². The van der Waals surface area contributed by atoms with E-state index in [2.05, 4.69) is 4.90 Å². The van der Waals surface area contributed by atoms with Gasteiger partial charge in [-0.2, -0.15) is 0 Å². The van der Waals surface area contributed by atoms with E-state index in [-0.39, 0.29) is 12.2 Å². The van der Waals surface area contributed by atoms with E-state index < -0.39 is 6.10 Å². The Morgan fingerprint density at radius 1 is 1.29 bits per heavy atom. The maximum absolute atomic E-state index is 9.88. The fourth-order valence-corrected chi connectivity index (χ4v) is 2.42. The average molecular weight is 245 g/mol. The predicted molar refractivity (Wildman–Crippen MR) is 68.0 cm³/mol. The molecule has 0 aromatic carbocycles. The van der Waals surface area contributed by atoms with Gasteiger partial charge < -0.3 is 14.9 Å². The Morgan fingerprint density at radius 3 is 2.59 bits per heavy atom. The quantitative estimate of drug-likeness (QED) is 0.703. The van der Waals surface area contributed by atoms with Crippen LogP contribution in [0.2, 0.25) is 0 Å². The van der Waals surface area contributed by atoms with Crippen molar-refractivity contribution in [2.45, 2.75) is 64.4 Å². The van der Waals surface area contributed by atoms with Gasteiger partial charge in [-0.3, -0.25) is 4.90 Å². The Bertz CT molecular complexity index is 209. The van der Waals surface area contributed by atoms with Crippen molar-refractivity contribution in [1.29, 1.82) is 0 Å². The molecule has 3 unspecified atom stereocenters. The Kier molecular flexibility index (Phi) is 6.41. The van der Waals surface area contributed by atoms with Crippen LogP contribution in [0.1, 0.15) is 40.0 Å². The van der Waals surface area contributed by atoms with E-state index in [0.717, 1.165) is 25.8 Å². The fourth-order valence-electron chi connectivity index (χ4n) is 2.42. The van der Waals surface area contributed by atoms with E-state index in [4.69, 9.17) is 4.74 Å². The molecule has 0 aromatic heterocycles. The summed E-state index contributed by atoms with van der Waals surface area (Å²) in [6.07, 6.45) is 2.57. The van der Waals surface area contributed by atoms with Gasteiger partial charge in [-0.1, -0.05) is 0 Å². The van der Waals surface area contributed by atoms with Crippen LogP contribution in [-0.4, -0.2) is 59.2 Å². The van der Waals surface area contributed by atoms with Gasteiger partial charge in [0.2, 0.25) is 0 Å². The number of aliphatic hydroxyl groups excluding tert-OH is 2. The summed E-state index contributed by atoms with van der Waals surface area (Å²) in [5.74, 6) is 0. The number of hydrogen-bond acceptors (Lipinski definition) is 4. The van der Waals surface area contributed by atoms with Gasteiger partial charge in [0.25, 0.3) is 0 Å². The average Bonchev–Trinajstić information content (AvgIpc) is 2.62. The molecule has 2 N–H and O–H groups in total. The first-order valence-electron chi connectivity index (χ1n) is 6.70. The third kappa shape index (κ3) is 5.82. The third-order valence-electron chi connectivity index (χ3n) is 3.18. The normalized spacial score (nSPS) is 25.4. The van der Waals surface area contributed by atoms with Gasteiger partial charge in [-0.25, -0.2) is 0 Å². The van der Waals surface area contributed by atoms with E-state index in [9.17, 15) is 10.2 Å². The van der Waals surface area contributed by atoms with Gasteiger partial charge in [0, 0.05) is 12.6 Å². The topological polar surface area (TPSA) is 52.9 Å². The highest BCUT2D eigenvalue weighted by molar-refractivity contribution is 4.82. The number of ether oxygens (including phenoxy) is 1. The molecule has 0 aromatic rings.